The molecule has 29 heavy (non-hydrogen) atoms. The fourth-order valence-electron chi connectivity index (χ4n) is 4.55. The first kappa shape index (κ1) is 21.4. The van der Waals surface area contributed by atoms with Crippen LogP contribution in [-0.2, 0) is 4.79 Å². The number of rotatable bonds is 7. The van der Waals surface area contributed by atoms with Crippen LogP contribution >= 0.6 is 0 Å². The van der Waals surface area contributed by atoms with Gasteiger partial charge in [0.2, 0.25) is 0 Å². The summed E-state index contributed by atoms with van der Waals surface area (Å²) in [5, 5.41) is 30.6. The van der Waals surface area contributed by atoms with Crippen molar-refractivity contribution in [1.29, 1.82) is 0 Å². The molecule has 5 nitrogen and oxygen atoms in total. The van der Waals surface area contributed by atoms with Gasteiger partial charge in [0.1, 0.15) is 11.9 Å². The van der Waals surface area contributed by atoms with Crippen LogP contribution in [0.3, 0.4) is 0 Å². The van der Waals surface area contributed by atoms with Crippen LogP contribution in [0.1, 0.15) is 63.0 Å². The van der Waals surface area contributed by atoms with E-state index in [1.807, 2.05) is 38.1 Å². The molecular formula is C24H30O5. The van der Waals surface area contributed by atoms with Crippen molar-refractivity contribution in [3.8, 4) is 17.6 Å². The number of carboxylic acid groups (broad SMARTS) is 1. The number of fused-ring (bicyclic) bond motifs is 3. The van der Waals surface area contributed by atoms with Crippen molar-refractivity contribution >= 4 is 5.97 Å². The van der Waals surface area contributed by atoms with Gasteiger partial charge >= 0.3 is 5.97 Å². The van der Waals surface area contributed by atoms with E-state index in [2.05, 4.69) is 11.8 Å². The molecule has 1 fully saturated rings. The highest BCUT2D eigenvalue weighted by Crippen LogP contribution is 2.53. The zero-order valence-electron chi connectivity index (χ0n) is 17.2. The van der Waals surface area contributed by atoms with Crippen molar-refractivity contribution in [2.45, 2.75) is 70.2 Å². The van der Waals surface area contributed by atoms with Gasteiger partial charge in [0.25, 0.3) is 0 Å². The third-order valence-corrected chi connectivity index (χ3v) is 6.23. The SMILES string of the molecule is CC#CCC(C)[C@H](O)/C=C/[C@@H]1[C@H]2c3cccc(C(CC)C(=O)O)c3O[C@H]2C[C@H]1O. The predicted molar refractivity (Wildman–Crippen MR) is 111 cm³/mol. The lowest BCUT2D eigenvalue weighted by molar-refractivity contribution is -0.138. The lowest BCUT2D eigenvalue weighted by Gasteiger charge is -2.20. The Bertz CT molecular complexity index is 833. The molecule has 0 radical (unpaired) electrons. The van der Waals surface area contributed by atoms with Gasteiger partial charge in [-0.3, -0.25) is 4.79 Å². The van der Waals surface area contributed by atoms with Crippen LogP contribution in [-0.4, -0.2) is 39.6 Å². The zero-order chi connectivity index (χ0) is 21.1. The minimum Gasteiger partial charge on any atom is -0.489 e. The summed E-state index contributed by atoms with van der Waals surface area (Å²) in [5.41, 5.74) is 1.66. The summed E-state index contributed by atoms with van der Waals surface area (Å²) >= 11 is 0. The number of aliphatic hydroxyl groups is 2. The van der Waals surface area contributed by atoms with E-state index in [9.17, 15) is 20.1 Å². The van der Waals surface area contributed by atoms with Gasteiger partial charge < -0.3 is 20.1 Å². The Morgan fingerprint density at radius 2 is 2.17 bits per heavy atom. The van der Waals surface area contributed by atoms with E-state index >= 15 is 0 Å². The summed E-state index contributed by atoms with van der Waals surface area (Å²) in [6.07, 6.45) is 3.88. The minimum atomic E-state index is -0.856. The van der Waals surface area contributed by atoms with E-state index in [0.29, 0.717) is 30.6 Å². The molecule has 0 aromatic heterocycles. The van der Waals surface area contributed by atoms with Crippen LogP contribution in [0.15, 0.2) is 30.4 Å². The highest BCUT2D eigenvalue weighted by molar-refractivity contribution is 5.77. The number of hydrogen-bond donors (Lipinski definition) is 3. The number of aliphatic hydroxyl groups excluding tert-OH is 2. The maximum atomic E-state index is 11.7. The number of carbonyl (C=O) groups is 1. The van der Waals surface area contributed by atoms with Crippen LogP contribution < -0.4 is 4.74 Å². The molecule has 1 aromatic rings. The van der Waals surface area contributed by atoms with Gasteiger partial charge in [-0.2, -0.15) is 0 Å². The van der Waals surface area contributed by atoms with E-state index in [1.165, 1.54) is 0 Å². The quantitative estimate of drug-likeness (QED) is 0.484. The zero-order valence-corrected chi connectivity index (χ0v) is 17.2. The molecule has 0 amide bonds. The third-order valence-electron chi connectivity index (χ3n) is 6.23. The first-order chi connectivity index (χ1) is 13.9. The Labute approximate surface area is 172 Å². The first-order valence-corrected chi connectivity index (χ1v) is 10.3. The van der Waals surface area contributed by atoms with Crippen molar-refractivity contribution in [2.75, 3.05) is 0 Å². The molecule has 5 heteroatoms. The Balaban J connectivity index is 1.86. The lowest BCUT2D eigenvalue weighted by atomic mass is 9.84. The molecule has 0 bridgehead atoms. The number of para-hydroxylation sites is 1. The van der Waals surface area contributed by atoms with E-state index < -0.39 is 24.1 Å². The number of hydrogen-bond acceptors (Lipinski definition) is 4. The first-order valence-electron chi connectivity index (χ1n) is 10.3. The highest BCUT2D eigenvalue weighted by Gasteiger charge is 2.49. The monoisotopic (exact) mass is 398 g/mol. The predicted octanol–water partition coefficient (Wildman–Crippen LogP) is 3.46. The fourth-order valence-corrected chi connectivity index (χ4v) is 4.55. The van der Waals surface area contributed by atoms with Gasteiger partial charge in [0, 0.05) is 35.8 Å². The van der Waals surface area contributed by atoms with E-state index in [4.69, 9.17) is 4.74 Å². The second-order valence-corrected chi connectivity index (χ2v) is 8.11. The average Bonchev–Trinajstić information content (AvgIpc) is 3.19. The number of ether oxygens (including phenoxy) is 1. The molecule has 2 unspecified atom stereocenters. The normalized spacial score (nSPS) is 28.0. The molecule has 1 aromatic carbocycles. The second kappa shape index (κ2) is 9.02. The van der Waals surface area contributed by atoms with Gasteiger partial charge in [-0.05, 0) is 19.3 Å². The summed E-state index contributed by atoms with van der Waals surface area (Å²) in [6, 6.07) is 5.66. The van der Waals surface area contributed by atoms with Gasteiger partial charge in [-0.25, -0.2) is 0 Å². The fraction of sp³-hybridized carbons (Fsp3) is 0.542. The third kappa shape index (κ3) is 4.19. The minimum absolute atomic E-state index is 0.00707. The molecule has 2 aliphatic rings. The molecule has 156 valence electrons. The average molecular weight is 398 g/mol. The summed E-state index contributed by atoms with van der Waals surface area (Å²) in [7, 11) is 0. The van der Waals surface area contributed by atoms with Gasteiger partial charge in [-0.1, -0.05) is 44.2 Å². The van der Waals surface area contributed by atoms with Crippen LogP contribution in [0.4, 0.5) is 0 Å². The number of aliphatic carboxylic acids is 1. The van der Waals surface area contributed by atoms with E-state index in [0.717, 1.165) is 5.56 Å². The van der Waals surface area contributed by atoms with Crippen LogP contribution in [0.5, 0.6) is 5.75 Å². The Hall–Kier alpha value is -2.29. The van der Waals surface area contributed by atoms with Crippen molar-refractivity contribution in [2.24, 2.45) is 11.8 Å². The van der Waals surface area contributed by atoms with Crippen molar-refractivity contribution in [3.63, 3.8) is 0 Å². The number of benzene rings is 1. The summed E-state index contributed by atoms with van der Waals surface area (Å²) in [6.45, 7) is 5.59. The van der Waals surface area contributed by atoms with Gasteiger partial charge in [0.05, 0.1) is 18.1 Å². The largest absolute Gasteiger partial charge is 0.489 e. The molecule has 1 aliphatic carbocycles. The number of carboxylic acids is 1. The molecule has 0 saturated heterocycles. The van der Waals surface area contributed by atoms with Crippen LogP contribution in [0.2, 0.25) is 0 Å². The Morgan fingerprint density at radius 3 is 2.83 bits per heavy atom. The van der Waals surface area contributed by atoms with Crippen LogP contribution in [0.25, 0.3) is 0 Å². The Morgan fingerprint density at radius 1 is 1.41 bits per heavy atom. The van der Waals surface area contributed by atoms with E-state index in [1.54, 1.807) is 13.0 Å². The van der Waals surface area contributed by atoms with Crippen molar-refractivity contribution < 1.29 is 24.9 Å². The maximum absolute atomic E-state index is 11.7. The smallest absolute Gasteiger partial charge is 0.311 e. The van der Waals surface area contributed by atoms with Crippen LogP contribution in [0, 0.1) is 23.7 Å². The molecule has 3 N–H and O–H groups in total. The van der Waals surface area contributed by atoms with Crippen molar-refractivity contribution in [3.05, 3.63) is 41.5 Å². The van der Waals surface area contributed by atoms with Gasteiger partial charge in [0.15, 0.2) is 0 Å². The highest BCUT2D eigenvalue weighted by atomic mass is 16.5. The molecular weight excluding hydrogens is 368 g/mol. The molecule has 1 heterocycles. The topological polar surface area (TPSA) is 87.0 Å². The second-order valence-electron chi connectivity index (χ2n) is 8.11. The van der Waals surface area contributed by atoms with Gasteiger partial charge in [-0.15, -0.1) is 11.8 Å². The molecule has 3 rings (SSSR count). The van der Waals surface area contributed by atoms with Crippen molar-refractivity contribution in [1.82, 2.24) is 0 Å². The summed E-state index contributed by atoms with van der Waals surface area (Å²) < 4.78 is 6.17. The molecule has 1 saturated carbocycles. The Kier molecular flexibility index (Phi) is 6.66. The maximum Gasteiger partial charge on any atom is 0.311 e. The summed E-state index contributed by atoms with van der Waals surface area (Å²) in [5.74, 6) is 4.81. The molecule has 7 atom stereocenters. The molecule has 0 spiro atoms. The molecule has 1 aliphatic heterocycles. The summed E-state index contributed by atoms with van der Waals surface area (Å²) in [4.78, 5) is 11.7. The standard InChI is InChI=1S/C24H30O5/c1-4-6-8-14(3)19(25)12-11-17-20(26)13-21-22(17)18-10-7-9-16(23(18)29-21)15(5-2)24(27)28/h7,9-12,14-15,17,19-22,25-26H,5,8,13H2,1-3H3,(H,27,28)/b12-11+/t14?,15?,17-,19+,20+,21-,22-/m0/s1. The lowest BCUT2D eigenvalue weighted by Crippen LogP contribution is -2.19. The van der Waals surface area contributed by atoms with E-state index in [-0.39, 0.29) is 23.9 Å².